The van der Waals surface area contributed by atoms with Crippen LogP contribution in [0.3, 0.4) is 0 Å². The van der Waals surface area contributed by atoms with E-state index in [1.807, 2.05) is 6.07 Å². The van der Waals surface area contributed by atoms with Gasteiger partial charge < -0.3 is 0 Å². The minimum atomic E-state index is -0.407. The van der Waals surface area contributed by atoms with Gasteiger partial charge in [0.2, 0.25) is 0 Å². The van der Waals surface area contributed by atoms with Crippen LogP contribution in [0.2, 0.25) is 0 Å². The molecule has 0 saturated carbocycles. The Morgan fingerprint density at radius 3 is 2.90 bits per heavy atom. The Labute approximate surface area is 119 Å². The average Bonchev–Trinajstić information content (AvgIpc) is 2.76. The third-order valence-electron chi connectivity index (χ3n) is 3.61. The maximum atomic E-state index is 12.1. The molecule has 0 radical (unpaired) electrons. The molecule has 104 valence electrons. The molecule has 1 aromatic heterocycles. The summed E-state index contributed by atoms with van der Waals surface area (Å²) in [5.41, 5.74) is 1.99. The minimum Gasteiger partial charge on any atom is -0.298 e. The molecule has 0 atom stereocenters. The van der Waals surface area contributed by atoms with Gasteiger partial charge in [-0.1, -0.05) is 23.5 Å². The van der Waals surface area contributed by atoms with Crippen molar-refractivity contribution in [3.63, 3.8) is 0 Å². The SMILES string of the molecule is O=c1sc2c(n1Cc1cccc([N+](=O)[O-])c1)CCCC2. The monoisotopic (exact) mass is 290 g/mol. The summed E-state index contributed by atoms with van der Waals surface area (Å²) in [7, 11) is 0. The molecular formula is C14H14N2O3S. The summed E-state index contributed by atoms with van der Waals surface area (Å²) in [6.07, 6.45) is 4.17. The first-order valence-corrected chi connectivity index (χ1v) is 7.41. The normalized spacial score (nSPS) is 14.0. The molecular weight excluding hydrogens is 276 g/mol. The highest BCUT2D eigenvalue weighted by Crippen LogP contribution is 2.24. The number of non-ortho nitro benzene ring substituents is 1. The molecule has 2 aromatic rings. The molecule has 0 bridgehead atoms. The molecule has 1 heterocycles. The summed E-state index contributed by atoms with van der Waals surface area (Å²) in [5, 5.41) is 10.8. The van der Waals surface area contributed by atoms with E-state index in [1.165, 1.54) is 22.3 Å². The first kappa shape index (κ1) is 13.1. The summed E-state index contributed by atoms with van der Waals surface area (Å²) >= 11 is 1.32. The Bertz CT molecular complexity index is 717. The van der Waals surface area contributed by atoms with Crippen LogP contribution in [0, 0.1) is 10.1 Å². The van der Waals surface area contributed by atoms with E-state index in [0.717, 1.165) is 36.9 Å². The van der Waals surface area contributed by atoms with Crippen molar-refractivity contribution in [2.75, 3.05) is 0 Å². The number of hydrogen-bond donors (Lipinski definition) is 0. The van der Waals surface area contributed by atoms with Crippen LogP contribution in [0.15, 0.2) is 29.1 Å². The maximum Gasteiger partial charge on any atom is 0.307 e. The van der Waals surface area contributed by atoms with Gasteiger partial charge in [0.1, 0.15) is 0 Å². The molecule has 0 saturated heterocycles. The molecule has 0 spiro atoms. The molecule has 0 unspecified atom stereocenters. The fourth-order valence-corrected chi connectivity index (χ4v) is 3.71. The van der Waals surface area contributed by atoms with E-state index < -0.39 is 4.92 Å². The summed E-state index contributed by atoms with van der Waals surface area (Å²) in [4.78, 5) is 23.7. The van der Waals surface area contributed by atoms with Crippen LogP contribution >= 0.6 is 11.3 Å². The lowest BCUT2D eigenvalue weighted by atomic mass is 10.0. The molecule has 1 aromatic carbocycles. The number of nitrogens with zero attached hydrogens (tertiary/aromatic N) is 2. The first-order chi connectivity index (χ1) is 9.65. The molecule has 3 rings (SSSR count). The van der Waals surface area contributed by atoms with Gasteiger partial charge in [0.05, 0.1) is 11.5 Å². The number of nitro benzene ring substituents is 1. The predicted octanol–water partition coefficient (Wildman–Crippen LogP) is 2.75. The standard InChI is InChI=1S/C14H14N2O3S/c17-14-15(12-6-1-2-7-13(12)20-14)9-10-4-3-5-11(8-10)16(18)19/h3-5,8H,1-2,6-7,9H2. The molecule has 0 N–H and O–H groups in total. The van der Waals surface area contributed by atoms with Crippen LogP contribution in [0.25, 0.3) is 0 Å². The van der Waals surface area contributed by atoms with Crippen LogP contribution < -0.4 is 4.87 Å². The van der Waals surface area contributed by atoms with Gasteiger partial charge in [-0.25, -0.2) is 0 Å². The molecule has 6 heteroatoms. The fourth-order valence-electron chi connectivity index (χ4n) is 2.64. The fraction of sp³-hybridized carbons (Fsp3) is 0.357. The lowest BCUT2D eigenvalue weighted by Crippen LogP contribution is -2.18. The highest BCUT2D eigenvalue weighted by molar-refractivity contribution is 7.09. The van der Waals surface area contributed by atoms with E-state index >= 15 is 0 Å². The Balaban J connectivity index is 1.95. The smallest absolute Gasteiger partial charge is 0.298 e. The number of rotatable bonds is 3. The number of aryl methyl sites for hydroxylation is 1. The largest absolute Gasteiger partial charge is 0.307 e. The summed E-state index contributed by atoms with van der Waals surface area (Å²) in [6, 6.07) is 6.50. The summed E-state index contributed by atoms with van der Waals surface area (Å²) < 4.78 is 1.78. The minimum absolute atomic E-state index is 0.0448. The zero-order chi connectivity index (χ0) is 14.1. The molecule has 0 fully saturated rings. The topological polar surface area (TPSA) is 65.1 Å². The quantitative estimate of drug-likeness (QED) is 0.645. The number of thiazole rings is 1. The molecule has 20 heavy (non-hydrogen) atoms. The second kappa shape index (κ2) is 5.20. The van der Waals surface area contributed by atoms with Crippen LogP contribution in [-0.2, 0) is 19.4 Å². The molecule has 1 aliphatic rings. The second-order valence-corrected chi connectivity index (χ2v) is 6.00. The van der Waals surface area contributed by atoms with E-state index in [1.54, 1.807) is 16.7 Å². The van der Waals surface area contributed by atoms with Gasteiger partial charge >= 0.3 is 4.87 Å². The Kier molecular flexibility index (Phi) is 3.40. The molecule has 5 nitrogen and oxygen atoms in total. The zero-order valence-electron chi connectivity index (χ0n) is 10.9. The lowest BCUT2D eigenvalue weighted by molar-refractivity contribution is -0.384. The van der Waals surface area contributed by atoms with Crippen molar-refractivity contribution in [2.45, 2.75) is 32.2 Å². The van der Waals surface area contributed by atoms with Gasteiger partial charge in [-0.05, 0) is 31.2 Å². The van der Waals surface area contributed by atoms with Crippen LogP contribution in [0.4, 0.5) is 5.69 Å². The maximum absolute atomic E-state index is 12.1. The summed E-state index contributed by atoms with van der Waals surface area (Å²) in [6.45, 7) is 0.423. The molecule has 0 amide bonds. The van der Waals surface area contributed by atoms with Gasteiger partial charge in [0.15, 0.2) is 0 Å². The van der Waals surface area contributed by atoms with Crippen LogP contribution in [0.5, 0.6) is 0 Å². The van der Waals surface area contributed by atoms with Crippen LogP contribution in [0.1, 0.15) is 29.0 Å². The van der Waals surface area contributed by atoms with Gasteiger partial charge in [0.25, 0.3) is 5.69 Å². The van der Waals surface area contributed by atoms with Crippen molar-refractivity contribution in [3.05, 3.63) is 60.2 Å². The van der Waals surface area contributed by atoms with Crippen molar-refractivity contribution in [2.24, 2.45) is 0 Å². The zero-order valence-corrected chi connectivity index (χ0v) is 11.7. The van der Waals surface area contributed by atoms with Crippen molar-refractivity contribution < 1.29 is 4.92 Å². The first-order valence-electron chi connectivity index (χ1n) is 6.60. The number of hydrogen-bond acceptors (Lipinski definition) is 4. The van der Waals surface area contributed by atoms with Crippen molar-refractivity contribution in [1.82, 2.24) is 4.57 Å². The Morgan fingerprint density at radius 1 is 1.30 bits per heavy atom. The van der Waals surface area contributed by atoms with Gasteiger partial charge in [-0.3, -0.25) is 19.5 Å². The Morgan fingerprint density at radius 2 is 2.10 bits per heavy atom. The number of fused-ring (bicyclic) bond motifs is 1. The van der Waals surface area contributed by atoms with E-state index in [0.29, 0.717) is 6.54 Å². The lowest BCUT2D eigenvalue weighted by Gasteiger charge is -2.13. The number of aromatic nitrogens is 1. The average molecular weight is 290 g/mol. The van der Waals surface area contributed by atoms with Gasteiger partial charge in [0, 0.05) is 22.7 Å². The van der Waals surface area contributed by atoms with E-state index in [4.69, 9.17) is 0 Å². The Hall–Kier alpha value is -1.95. The van der Waals surface area contributed by atoms with Crippen molar-refractivity contribution >= 4 is 17.0 Å². The van der Waals surface area contributed by atoms with Crippen LogP contribution in [-0.4, -0.2) is 9.49 Å². The molecule has 0 aliphatic heterocycles. The van der Waals surface area contributed by atoms with E-state index in [9.17, 15) is 14.9 Å². The second-order valence-electron chi connectivity index (χ2n) is 4.96. The third-order valence-corrected chi connectivity index (χ3v) is 4.69. The van der Waals surface area contributed by atoms with Gasteiger partial charge in [-0.2, -0.15) is 0 Å². The van der Waals surface area contributed by atoms with E-state index in [2.05, 4.69) is 0 Å². The summed E-state index contributed by atoms with van der Waals surface area (Å²) in [5.74, 6) is 0. The highest BCUT2D eigenvalue weighted by Gasteiger charge is 2.18. The predicted molar refractivity (Wildman–Crippen MR) is 77.4 cm³/mol. The highest BCUT2D eigenvalue weighted by atomic mass is 32.1. The third kappa shape index (κ3) is 2.38. The molecule has 1 aliphatic carbocycles. The van der Waals surface area contributed by atoms with Gasteiger partial charge in [-0.15, -0.1) is 0 Å². The number of nitro groups is 1. The van der Waals surface area contributed by atoms with E-state index in [-0.39, 0.29) is 10.6 Å². The van der Waals surface area contributed by atoms with Crippen molar-refractivity contribution in [3.8, 4) is 0 Å². The van der Waals surface area contributed by atoms with Crippen molar-refractivity contribution in [1.29, 1.82) is 0 Å². The number of benzene rings is 1.